The van der Waals surface area contributed by atoms with Crippen molar-refractivity contribution in [3.8, 4) is 5.75 Å². The smallest absolute Gasteiger partial charge is 0.129 e. The maximum Gasteiger partial charge on any atom is 0.129 e. The molecule has 1 aromatic rings. The summed E-state index contributed by atoms with van der Waals surface area (Å²) in [4.78, 5) is 10.7. The lowest BCUT2D eigenvalue weighted by Crippen LogP contribution is -2.40. The highest BCUT2D eigenvalue weighted by atomic mass is 16.6. The van der Waals surface area contributed by atoms with Gasteiger partial charge in [-0.25, -0.2) is 0 Å². The molecule has 6 nitrogen and oxygen atoms in total. The van der Waals surface area contributed by atoms with Crippen LogP contribution in [-0.4, -0.2) is 79.7 Å². The molecule has 0 saturated carbocycles. The van der Waals surface area contributed by atoms with Crippen LogP contribution in [0.15, 0.2) is 29.4 Å². The predicted octanol–water partition coefficient (Wildman–Crippen LogP) is 3.79. The first kappa shape index (κ1) is 23.0. The van der Waals surface area contributed by atoms with E-state index in [1.165, 1.54) is 19.4 Å². The van der Waals surface area contributed by atoms with Crippen molar-refractivity contribution >= 4 is 5.71 Å². The molecule has 0 aromatic heterocycles. The van der Waals surface area contributed by atoms with Gasteiger partial charge in [0.05, 0.1) is 19.8 Å². The first-order valence-electron chi connectivity index (χ1n) is 11.4. The van der Waals surface area contributed by atoms with Crippen LogP contribution in [0.5, 0.6) is 5.75 Å². The van der Waals surface area contributed by atoms with E-state index < -0.39 is 0 Å². The van der Waals surface area contributed by atoms with Gasteiger partial charge in [-0.15, -0.1) is 0 Å². The largest absolute Gasteiger partial charge is 0.494 e. The van der Waals surface area contributed by atoms with Gasteiger partial charge < -0.3 is 19.2 Å². The first-order chi connectivity index (χ1) is 14.4. The van der Waals surface area contributed by atoms with Crippen LogP contribution in [0, 0.1) is 0 Å². The second-order valence-corrected chi connectivity index (χ2v) is 9.38. The molecule has 2 fully saturated rings. The van der Waals surface area contributed by atoms with Crippen LogP contribution in [0.3, 0.4) is 0 Å². The average Bonchev–Trinajstić information content (AvgIpc) is 3.14. The number of likely N-dealkylation sites (tertiary alicyclic amines) is 1. The predicted molar refractivity (Wildman–Crippen MR) is 121 cm³/mol. The third-order valence-corrected chi connectivity index (χ3v) is 5.64. The van der Waals surface area contributed by atoms with E-state index >= 15 is 0 Å². The molecule has 2 aliphatic heterocycles. The van der Waals surface area contributed by atoms with Crippen LogP contribution in [0.4, 0.5) is 0 Å². The molecule has 168 valence electrons. The van der Waals surface area contributed by atoms with Crippen LogP contribution in [-0.2, 0) is 9.57 Å². The van der Waals surface area contributed by atoms with Crippen LogP contribution in [0.2, 0.25) is 0 Å². The molecule has 1 aromatic carbocycles. The molecule has 30 heavy (non-hydrogen) atoms. The number of morpholine rings is 1. The molecule has 0 spiro atoms. The van der Waals surface area contributed by atoms with Gasteiger partial charge >= 0.3 is 0 Å². The molecule has 0 amide bonds. The quantitative estimate of drug-likeness (QED) is 0.348. The maximum absolute atomic E-state index is 5.98. The Morgan fingerprint density at radius 3 is 2.50 bits per heavy atom. The Bertz CT molecular complexity index is 663. The van der Waals surface area contributed by atoms with Crippen molar-refractivity contribution in [2.75, 3.05) is 52.5 Å². The number of oxime groups is 1. The average molecular weight is 418 g/mol. The zero-order chi connectivity index (χ0) is 21.4. The van der Waals surface area contributed by atoms with Crippen molar-refractivity contribution < 1.29 is 14.3 Å². The standard InChI is InChI=1S/C24H39N3O3/c1-20-7-5-12-27(20)13-6-16-29-22-10-8-21(9-11-22)23(25-30-24(2,3)4)19-26-14-17-28-18-15-26/h8-11,20H,5-7,12-19H2,1-4H3/b25-23+. The molecule has 3 rings (SSSR count). The fraction of sp³-hybridized carbons (Fsp3) is 0.708. The summed E-state index contributed by atoms with van der Waals surface area (Å²) in [5.41, 5.74) is 1.71. The van der Waals surface area contributed by atoms with Crippen LogP contribution in [0.25, 0.3) is 0 Å². The molecule has 2 heterocycles. The van der Waals surface area contributed by atoms with Crippen molar-refractivity contribution in [1.82, 2.24) is 9.80 Å². The minimum Gasteiger partial charge on any atom is -0.494 e. The van der Waals surface area contributed by atoms with E-state index in [2.05, 4.69) is 34.0 Å². The number of rotatable bonds is 9. The summed E-state index contributed by atoms with van der Waals surface area (Å²) in [6.45, 7) is 15.6. The Morgan fingerprint density at radius 2 is 1.87 bits per heavy atom. The number of benzene rings is 1. The van der Waals surface area contributed by atoms with Gasteiger partial charge in [-0.2, -0.15) is 0 Å². The summed E-state index contributed by atoms with van der Waals surface area (Å²) in [5, 5.41) is 4.50. The number of nitrogens with zero attached hydrogens (tertiary/aromatic N) is 3. The summed E-state index contributed by atoms with van der Waals surface area (Å²) in [6, 6.07) is 8.98. The number of hydrogen-bond donors (Lipinski definition) is 0. The van der Waals surface area contributed by atoms with Crippen LogP contribution < -0.4 is 4.74 Å². The van der Waals surface area contributed by atoms with Gasteiger partial charge in [0.1, 0.15) is 17.1 Å². The number of hydrogen-bond acceptors (Lipinski definition) is 6. The topological polar surface area (TPSA) is 46.5 Å². The Hall–Kier alpha value is -1.63. The van der Waals surface area contributed by atoms with E-state index in [1.807, 2.05) is 32.9 Å². The Kier molecular flexibility index (Phi) is 8.54. The lowest BCUT2D eigenvalue weighted by molar-refractivity contribution is -0.000481. The molecule has 2 aliphatic rings. The van der Waals surface area contributed by atoms with Crippen molar-refractivity contribution in [2.45, 2.75) is 58.6 Å². The van der Waals surface area contributed by atoms with Crippen molar-refractivity contribution in [3.63, 3.8) is 0 Å². The molecular formula is C24H39N3O3. The second-order valence-electron chi connectivity index (χ2n) is 9.38. The van der Waals surface area contributed by atoms with Crippen LogP contribution in [0.1, 0.15) is 52.5 Å². The Morgan fingerprint density at radius 1 is 1.13 bits per heavy atom. The van der Waals surface area contributed by atoms with E-state index in [1.54, 1.807) is 0 Å². The van der Waals surface area contributed by atoms with Crippen molar-refractivity contribution in [2.24, 2.45) is 5.16 Å². The monoisotopic (exact) mass is 417 g/mol. The molecule has 0 radical (unpaired) electrons. The zero-order valence-electron chi connectivity index (χ0n) is 19.2. The van der Waals surface area contributed by atoms with Gasteiger partial charge in [-0.1, -0.05) is 5.16 Å². The summed E-state index contributed by atoms with van der Waals surface area (Å²) >= 11 is 0. The second kappa shape index (κ2) is 11.1. The third-order valence-electron chi connectivity index (χ3n) is 5.64. The number of ether oxygens (including phenoxy) is 2. The summed E-state index contributed by atoms with van der Waals surface area (Å²) in [7, 11) is 0. The fourth-order valence-corrected chi connectivity index (χ4v) is 3.86. The Labute approximate surface area is 182 Å². The highest BCUT2D eigenvalue weighted by Crippen LogP contribution is 2.18. The molecule has 0 N–H and O–H groups in total. The van der Waals surface area contributed by atoms with Gasteiger partial charge in [0.15, 0.2) is 0 Å². The normalized spacial score (nSPS) is 21.7. The Balaban J connectivity index is 1.54. The van der Waals surface area contributed by atoms with E-state index in [0.29, 0.717) is 0 Å². The van der Waals surface area contributed by atoms with E-state index in [-0.39, 0.29) is 5.60 Å². The maximum atomic E-state index is 5.98. The van der Waals surface area contributed by atoms with Crippen molar-refractivity contribution in [1.29, 1.82) is 0 Å². The highest BCUT2D eigenvalue weighted by Gasteiger charge is 2.19. The molecule has 0 bridgehead atoms. The first-order valence-corrected chi connectivity index (χ1v) is 11.4. The van der Waals surface area contributed by atoms with Gasteiger partial charge in [0, 0.05) is 37.8 Å². The van der Waals surface area contributed by atoms with Gasteiger partial charge in [-0.3, -0.25) is 4.90 Å². The SMILES string of the molecule is CC1CCCN1CCCOc1ccc(/C(CN2CCOCC2)=N/OC(C)(C)C)cc1. The lowest BCUT2D eigenvalue weighted by atomic mass is 10.1. The van der Waals surface area contributed by atoms with Gasteiger partial charge in [0.25, 0.3) is 0 Å². The minimum absolute atomic E-state index is 0.313. The summed E-state index contributed by atoms with van der Waals surface area (Å²) in [6.07, 6.45) is 3.72. The molecule has 2 saturated heterocycles. The molecule has 6 heteroatoms. The molecule has 1 unspecified atom stereocenters. The summed E-state index contributed by atoms with van der Waals surface area (Å²) < 4.78 is 11.4. The van der Waals surface area contributed by atoms with E-state index in [0.717, 1.165) is 75.5 Å². The van der Waals surface area contributed by atoms with Gasteiger partial charge in [0.2, 0.25) is 0 Å². The molecular weight excluding hydrogens is 378 g/mol. The minimum atomic E-state index is -0.313. The fourth-order valence-electron chi connectivity index (χ4n) is 3.86. The van der Waals surface area contributed by atoms with Gasteiger partial charge in [-0.05, 0) is 77.8 Å². The molecule has 0 aliphatic carbocycles. The highest BCUT2D eigenvalue weighted by molar-refractivity contribution is 6.01. The van der Waals surface area contributed by atoms with Crippen molar-refractivity contribution in [3.05, 3.63) is 29.8 Å². The summed E-state index contributed by atoms with van der Waals surface area (Å²) in [5.74, 6) is 0.913. The third kappa shape index (κ3) is 7.56. The molecule has 1 atom stereocenters. The zero-order valence-corrected chi connectivity index (χ0v) is 19.2. The van der Waals surface area contributed by atoms with Crippen LogP contribution >= 0.6 is 0 Å². The van der Waals surface area contributed by atoms with E-state index in [9.17, 15) is 0 Å². The lowest BCUT2D eigenvalue weighted by Gasteiger charge is -2.27. The van der Waals surface area contributed by atoms with E-state index in [4.69, 9.17) is 14.3 Å².